The van der Waals surface area contributed by atoms with Crippen molar-refractivity contribution in [3.63, 3.8) is 0 Å². The topological polar surface area (TPSA) is 0 Å². The average Bonchev–Trinajstić information content (AvgIpc) is 2.39. The van der Waals surface area contributed by atoms with Crippen LogP contribution in [-0.4, -0.2) is 0 Å². The van der Waals surface area contributed by atoms with Crippen LogP contribution >= 0.6 is 0 Å². The Kier molecular flexibility index (Phi) is 6.91. The molecule has 0 saturated carbocycles. The van der Waals surface area contributed by atoms with Crippen molar-refractivity contribution in [1.82, 2.24) is 0 Å². The van der Waals surface area contributed by atoms with E-state index in [1.165, 1.54) is 36.0 Å². The van der Waals surface area contributed by atoms with Gasteiger partial charge in [0.2, 0.25) is 0 Å². The lowest BCUT2D eigenvalue weighted by molar-refractivity contribution is 0.521. The third-order valence-electron chi connectivity index (χ3n) is 3.98. The Hall–Kier alpha value is -1.04. The summed E-state index contributed by atoms with van der Waals surface area (Å²) < 4.78 is 0. The lowest BCUT2D eigenvalue weighted by Gasteiger charge is -2.08. The Morgan fingerprint density at radius 1 is 1.11 bits per heavy atom. The Bertz CT molecular complexity index is 381. The molecular formula is C19H30. The van der Waals surface area contributed by atoms with Crippen LogP contribution in [0.2, 0.25) is 0 Å². The molecule has 0 heteroatoms. The number of allylic oxidation sites excluding steroid dienone is 2. The van der Waals surface area contributed by atoms with Crippen molar-refractivity contribution in [3.05, 3.63) is 47.0 Å². The molecule has 0 saturated heterocycles. The van der Waals surface area contributed by atoms with Crippen molar-refractivity contribution < 1.29 is 0 Å². The summed E-state index contributed by atoms with van der Waals surface area (Å²) in [6.07, 6.45) is 7.36. The molecule has 0 radical (unpaired) electrons. The maximum Gasteiger partial charge on any atom is -0.00699 e. The molecule has 1 aromatic rings. The quantitative estimate of drug-likeness (QED) is 0.516. The Morgan fingerprint density at radius 2 is 1.74 bits per heavy atom. The molecule has 19 heavy (non-hydrogen) atoms. The van der Waals surface area contributed by atoms with E-state index in [9.17, 15) is 0 Å². The second kappa shape index (κ2) is 8.19. The van der Waals surface area contributed by atoms with E-state index in [4.69, 9.17) is 0 Å². The lowest BCUT2D eigenvalue weighted by atomic mass is 9.98. The molecule has 0 aliphatic heterocycles. The first kappa shape index (κ1) is 16.0. The molecule has 0 aliphatic carbocycles. The molecule has 1 atom stereocenters. The van der Waals surface area contributed by atoms with E-state index in [0.29, 0.717) is 5.92 Å². The van der Waals surface area contributed by atoms with Crippen molar-refractivity contribution in [2.45, 2.75) is 66.2 Å². The van der Waals surface area contributed by atoms with Crippen LogP contribution in [0.15, 0.2) is 35.9 Å². The molecule has 0 bridgehead atoms. The van der Waals surface area contributed by atoms with Crippen LogP contribution in [0.1, 0.15) is 70.9 Å². The van der Waals surface area contributed by atoms with Crippen LogP contribution in [0.25, 0.3) is 0 Å². The minimum Gasteiger partial charge on any atom is -0.0853 e. The van der Waals surface area contributed by atoms with Gasteiger partial charge >= 0.3 is 0 Å². The fourth-order valence-corrected chi connectivity index (χ4v) is 2.23. The second-order valence-electron chi connectivity index (χ2n) is 6.21. The predicted molar refractivity (Wildman–Crippen MR) is 86.7 cm³/mol. The zero-order valence-electron chi connectivity index (χ0n) is 13.4. The van der Waals surface area contributed by atoms with Gasteiger partial charge in [-0.2, -0.15) is 0 Å². The lowest BCUT2D eigenvalue weighted by Crippen LogP contribution is -1.92. The molecule has 1 unspecified atom stereocenters. The molecule has 0 spiro atoms. The minimum atomic E-state index is 0.626. The summed E-state index contributed by atoms with van der Waals surface area (Å²) in [4.78, 5) is 0. The molecule has 0 nitrogen and oxygen atoms in total. The van der Waals surface area contributed by atoms with E-state index in [0.717, 1.165) is 12.3 Å². The van der Waals surface area contributed by atoms with E-state index >= 15 is 0 Å². The third-order valence-corrected chi connectivity index (χ3v) is 3.98. The summed E-state index contributed by atoms with van der Waals surface area (Å²) in [5.41, 5.74) is 4.37. The molecule has 1 aromatic carbocycles. The molecule has 0 aliphatic rings. The first-order chi connectivity index (χ1) is 9.02. The Morgan fingerprint density at radius 3 is 2.26 bits per heavy atom. The Balaban J connectivity index is 2.47. The minimum absolute atomic E-state index is 0.626. The molecule has 0 fully saturated rings. The van der Waals surface area contributed by atoms with Gasteiger partial charge in [0.15, 0.2) is 0 Å². The first-order valence-electron chi connectivity index (χ1n) is 7.77. The molecule has 106 valence electrons. The maximum absolute atomic E-state index is 2.42. The van der Waals surface area contributed by atoms with Crippen molar-refractivity contribution in [3.8, 4) is 0 Å². The maximum atomic E-state index is 2.42. The number of benzene rings is 1. The third kappa shape index (κ3) is 6.09. The highest BCUT2D eigenvalue weighted by atomic mass is 14.1. The van der Waals surface area contributed by atoms with Gasteiger partial charge in [0.25, 0.3) is 0 Å². The molecule has 0 heterocycles. The monoisotopic (exact) mass is 258 g/mol. The fourth-order valence-electron chi connectivity index (χ4n) is 2.23. The molecule has 0 N–H and O–H groups in total. The van der Waals surface area contributed by atoms with Gasteiger partial charge in [-0.3, -0.25) is 0 Å². The van der Waals surface area contributed by atoms with Gasteiger partial charge in [-0.15, -0.1) is 0 Å². The standard InChI is InChI=1S/C19H30/c1-6-16(4)8-7-9-17(5)14-18-10-12-19(13-11-18)15(2)3/h9-13,15-16H,6-8,14H2,1-5H3. The van der Waals surface area contributed by atoms with Crippen LogP contribution in [0.4, 0.5) is 0 Å². The van der Waals surface area contributed by atoms with Crippen LogP contribution < -0.4 is 0 Å². The summed E-state index contributed by atoms with van der Waals surface area (Å²) in [7, 11) is 0. The number of hydrogen-bond acceptors (Lipinski definition) is 0. The van der Waals surface area contributed by atoms with E-state index < -0.39 is 0 Å². The molecular weight excluding hydrogens is 228 g/mol. The fraction of sp³-hybridized carbons (Fsp3) is 0.579. The van der Waals surface area contributed by atoms with Crippen LogP contribution in [-0.2, 0) is 6.42 Å². The largest absolute Gasteiger partial charge is 0.0853 e. The number of hydrogen-bond donors (Lipinski definition) is 0. The van der Waals surface area contributed by atoms with E-state index in [1.807, 2.05) is 0 Å². The van der Waals surface area contributed by atoms with Crippen molar-refractivity contribution >= 4 is 0 Å². The number of rotatable bonds is 7. The summed E-state index contributed by atoms with van der Waals surface area (Å²) in [6.45, 7) is 11.4. The average molecular weight is 258 g/mol. The normalized spacial score (nSPS) is 13.9. The summed E-state index contributed by atoms with van der Waals surface area (Å²) in [5, 5.41) is 0. The predicted octanol–water partition coefficient (Wildman–Crippen LogP) is 6.13. The van der Waals surface area contributed by atoms with Crippen molar-refractivity contribution in [2.75, 3.05) is 0 Å². The zero-order valence-corrected chi connectivity index (χ0v) is 13.4. The summed E-state index contributed by atoms with van der Waals surface area (Å²) in [6, 6.07) is 9.10. The molecule has 0 amide bonds. The highest BCUT2D eigenvalue weighted by molar-refractivity contribution is 5.27. The molecule has 1 rings (SSSR count). The van der Waals surface area contributed by atoms with Crippen molar-refractivity contribution in [1.29, 1.82) is 0 Å². The van der Waals surface area contributed by atoms with Gasteiger partial charge < -0.3 is 0 Å². The van der Waals surface area contributed by atoms with Gasteiger partial charge in [0.1, 0.15) is 0 Å². The van der Waals surface area contributed by atoms with Crippen molar-refractivity contribution in [2.24, 2.45) is 5.92 Å². The Labute approximate surface area is 119 Å². The van der Waals surface area contributed by atoms with Gasteiger partial charge in [0.05, 0.1) is 0 Å². The van der Waals surface area contributed by atoms with E-state index in [2.05, 4.69) is 65.0 Å². The summed E-state index contributed by atoms with van der Waals surface area (Å²) in [5.74, 6) is 1.48. The first-order valence-corrected chi connectivity index (χ1v) is 7.77. The second-order valence-corrected chi connectivity index (χ2v) is 6.21. The van der Waals surface area contributed by atoms with Crippen LogP contribution in [0.3, 0.4) is 0 Å². The van der Waals surface area contributed by atoms with E-state index in [-0.39, 0.29) is 0 Å². The molecule has 0 aromatic heterocycles. The van der Waals surface area contributed by atoms with E-state index in [1.54, 1.807) is 0 Å². The zero-order chi connectivity index (χ0) is 14.3. The van der Waals surface area contributed by atoms with Gasteiger partial charge in [-0.1, -0.05) is 70.0 Å². The van der Waals surface area contributed by atoms with Gasteiger partial charge in [0, 0.05) is 0 Å². The van der Waals surface area contributed by atoms with Gasteiger partial charge in [-0.25, -0.2) is 0 Å². The van der Waals surface area contributed by atoms with Gasteiger partial charge in [-0.05, 0) is 49.1 Å². The highest BCUT2D eigenvalue weighted by Gasteiger charge is 2.00. The van der Waals surface area contributed by atoms with Crippen LogP contribution in [0, 0.1) is 5.92 Å². The SMILES string of the molecule is CCC(C)CCC=C(C)Cc1ccc(C(C)C)cc1. The smallest absolute Gasteiger partial charge is 0.00699 e. The highest BCUT2D eigenvalue weighted by Crippen LogP contribution is 2.17. The van der Waals surface area contributed by atoms with Crippen LogP contribution in [0.5, 0.6) is 0 Å². The summed E-state index contributed by atoms with van der Waals surface area (Å²) >= 11 is 0.